The van der Waals surface area contributed by atoms with E-state index in [0.717, 1.165) is 0 Å². The molecule has 0 aliphatic heterocycles. The van der Waals surface area contributed by atoms with Crippen LogP contribution < -0.4 is 0 Å². The van der Waals surface area contributed by atoms with E-state index < -0.39 is 18.7 Å². The first kappa shape index (κ1) is 12.0. The summed E-state index contributed by atoms with van der Waals surface area (Å²) in [5.41, 5.74) is 0.647. The van der Waals surface area contributed by atoms with Gasteiger partial charge in [0.15, 0.2) is 0 Å². The number of rotatable bonds is 4. The summed E-state index contributed by atoms with van der Waals surface area (Å²) in [4.78, 5) is 0. The van der Waals surface area contributed by atoms with Crippen molar-refractivity contribution in [3.8, 4) is 0 Å². The summed E-state index contributed by atoms with van der Waals surface area (Å²) in [6, 6.07) is 8.51. The summed E-state index contributed by atoms with van der Waals surface area (Å²) in [5, 5.41) is 8.58. The smallest absolute Gasteiger partial charge is 0.392 e. The van der Waals surface area contributed by atoms with Crippen molar-refractivity contribution in [3.63, 3.8) is 0 Å². The monoisotopic (exact) mass is 218 g/mol. The van der Waals surface area contributed by atoms with Gasteiger partial charge >= 0.3 is 6.18 Å². The van der Waals surface area contributed by atoms with Crippen LogP contribution in [0.3, 0.4) is 0 Å². The maximum atomic E-state index is 12.5. The molecule has 0 heterocycles. The Labute approximate surface area is 86.5 Å². The van der Waals surface area contributed by atoms with Gasteiger partial charge in [-0.2, -0.15) is 13.2 Å². The molecule has 1 unspecified atom stereocenters. The first-order chi connectivity index (χ1) is 7.04. The molecule has 1 nitrogen and oxygen atoms in total. The molecule has 0 amide bonds. The lowest BCUT2D eigenvalue weighted by Gasteiger charge is -2.19. The van der Waals surface area contributed by atoms with E-state index in [1.165, 1.54) is 0 Å². The fourth-order valence-corrected chi connectivity index (χ4v) is 1.44. The number of aliphatic hydroxyl groups is 1. The Morgan fingerprint density at radius 2 is 1.73 bits per heavy atom. The summed E-state index contributed by atoms with van der Waals surface area (Å²) in [5.74, 6) is -1.45. The Kier molecular flexibility index (Phi) is 4.15. The van der Waals surface area contributed by atoms with E-state index in [9.17, 15) is 13.2 Å². The number of alkyl halides is 3. The van der Waals surface area contributed by atoms with E-state index in [1.54, 1.807) is 30.3 Å². The Bertz CT molecular complexity index is 282. The fraction of sp³-hybridized carbons (Fsp3) is 0.455. The molecule has 0 aliphatic carbocycles. The molecule has 1 rings (SSSR count). The van der Waals surface area contributed by atoms with Crippen LogP contribution in [0.25, 0.3) is 0 Å². The van der Waals surface area contributed by atoms with Gasteiger partial charge in [-0.3, -0.25) is 0 Å². The minimum absolute atomic E-state index is 0.0646. The average Bonchev–Trinajstić information content (AvgIpc) is 2.17. The predicted octanol–water partition coefficient (Wildman–Crippen LogP) is 2.79. The van der Waals surface area contributed by atoms with Crippen molar-refractivity contribution in [1.29, 1.82) is 0 Å². The van der Waals surface area contributed by atoms with Gasteiger partial charge in [-0.25, -0.2) is 0 Å². The van der Waals surface area contributed by atoms with Crippen molar-refractivity contribution >= 4 is 0 Å². The van der Waals surface area contributed by atoms with Gasteiger partial charge < -0.3 is 5.11 Å². The summed E-state index contributed by atoms with van der Waals surface area (Å²) in [7, 11) is 0. The highest BCUT2D eigenvalue weighted by Gasteiger charge is 2.38. The van der Waals surface area contributed by atoms with Gasteiger partial charge in [0.2, 0.25) is 0 Å². The van der Waals surface area contributed by atoms with Crippen LogP contribution in [0, 0.1) is 5.92 Å². The average molecular weight is 218 g/mol. The highest BCUT2D eigenvalue weighted by Crippen LogP contribution is 2.31. The minimum Gasteiger partial charge on any atom is -0.396 e. The SMILES string of the molecule is OCCC(Cc1ccccc1)C(F)(F)F. The summed E-state index contributed by atoms with van der Waals surface area (Å²) in [6.07, 6.45) is -4.54. The van der Waals surface area contributed by atoms with Crippen molar-refractivity contribution in [1.82, 2.24) is 0 Å². The molecule has 1 aromatic rings. The van der Waals surface area contributed by atoms with Gasteiger partial charge in [0, 0.05) is 6.61 Å². The first-order valence-corrected chi connectivity index (χ1v) is 4.75. The summed E-state index contributed by atoms with van der Waals surface area (Å²) < 4.78 is 37.4. The lowest BCUT2D eigenvalue weighted by Crippen LogP contribution is -2.26. The van der Waals surface area contributed by atoms with E-state index in [0.29, 0.717) is 5.56 Å². The Balaban J connectivity index is 2.67. The molecular weight excluding hydrogens is 205 g/mol. The number of hydrogen-bond acceptors (Lipinski definition) is 1. The molecule has 1 N–H and O–H groups in total. The molecule has 0 radical (unpaired) electrons. The standard InChI is InChI=1S/C11H13F3O/c12-11(13,14)10(6-7-15)8-9-4-2-1-3-5-9/h1-5,10,15H,6-8H2. The third-order valence-electron chi connectivity index (χ3n) is 2.27. The van der Waals surface area contributed by atoms with E-state index in [4.69, 9.17) is 5.11 Å². The number of hydrogen-bond donors (Lipinski definition) is 1. The van der Waals surface area contributed by atoms with Crippen LogP contribution in [-0.4, -0.2) is 17.9 Å². The predicted molar refractivity (Wildman–Crippen MR) is 51.4 cm³/mol. The second-order valence-corrected chi connectivity index (χ2v) is 3.44. The molecule has 84 valence electrons. The lowest BCUT2D eigenvalue weighted by molar-refractivity contribution is -0.177. The highest BCUT2D eigenvalue weighted by atomic mass is 19.4. The van der Waals surface area contributed by atoms with Crippen molar-refractivity contribution in [2.24, 2.45) is 5.92 Å². The van der Waals surface area contributed by atoms with Crippen molar-refractivity contribution in [2.45, 2.75) is 19.0 Å². The lowest BCUT2D eigenvalue weighted by atomic mass is 9.96. The molecule has 0 aliphatic rings. The van der Waals surface area contributed by atoms with Crippen molar-refractivity contribution in [2.75, 3.05) is 6.61 Å². The summed E-state index contributed by atoms with van der Waals surface area (Å²) in [6.45, 7) is -0.434. The molecule has 4 heteroatoms. The normalized spacial score (nSPS) is 13.9. The second-order valence-electron chi connectivity index (χ2n) is 3.44. The Morgan fingerprint density at radius 3 is 2.20 bits per heavy atom. The van der Waals surface area contributed by atoms with Crippen LogP contribution in [0.1, 0.15) is 12.0 Å². The van der Waals surface area contributed by atoms with Gasteiger partial charge in [0.05, 0.1) is 5.92 Å². The fourth-order valence-electron chi connectivity index (χ4n) is 1.44. The number of halogens is 3. The molecule has 0 saturated heterocycles. The van der Waals surface area contributed by atoms with Gasteiger partial charge in [0.25, 0.3) is 0 Å². The topological polar surface area (TPSA) is 20.2 Å². The van der Waals surface area contributed by atoms with Crippen LogP contribution in [0.2, 0.25) is 0 Å². The van der Waals surface area contributed by atoms with Gasteiger partial charge in [-0.1, -0.05) is 30.3 Å². The highest BCUT2D eigenvalue weighted by molar-refractivity contribution is 5.15. The number of benzene rings is 1. The number of aliphatic hydroxyl groups excluding tert-OH is 1. The molecular formula is C11H13F3O. The molecule has 15 heavy (non-hydrogen) atoms. The zero-order chi connectivity index (χ0) is 11.3. The zero-order valence-corrected chi connectivity index (χ0v) is 8.17. The maximum Gasteiger partial charge on any atom is 0.392 e. The summed E-state index contributed by atoms with van der Waals surface area (Å²) >= 11 is 0. The molecule has 1 aromatic carbocycles. The van der Waals surface area contributed by atoms with E-state index in [-0.39, 0.29) is 12.8 Å². The largest absolute Gasteiger partial charge is 0.396 e. The molecule has 0 aromatic heterocycles. The van der Waals surface area contributed by atoms with E-state index in [1.807, 2.05) is 0 Å². The van der Waals surface area contributed by atoms with Crippen LogP contribution in [-0.2, 0) is 6.42 Å². The molecule has 0 fully saturated rings. The molecule has 1 atom stereocenters. The van der Waals surface area contributed by atoms with Gasteiger partial charge in [-0.05, 0) is 18.4 Å². The van der Waals surface area contributed by atoms with Crippen molar-refractivity contribution in [3.05, 3.63) is 35.9 Å². The third kappa shape index (κ3) is 3.91. The van der Waals surface area contributed by atoms with Gasteiger partial charge in [0.1, 0.15) is 0 Å². The Morgan fingerprint density at radius 1 is 1.13 bits per heavy atom. The van der Waals surface area contributed by atoms with Crippen molar-refractivity contribution < 1.29 is 18.3 Å². The molecule has 0 bridgehead atoms. The van der Waals surface area contributed by atoms with E-state index in [2.05, 4.69) is 0 Å². The third-order valence-corrected chi connectivity index (χ3v) is 2.27. The first-order valence-electron chi connectivity index (χ1n) is 4.75. The molecule has 0 saturated carbocycles. The van der Waals surface area contributed by atoms with Crippen LogP contribution >= 0.6 is 0 Å². The van der Waals surface area contributed by atoms with E-state index >= 15 is 0 Å². The maximum absolute atomic E-state index is 12.5. The van der Waals surface area contributed by atoms with Crippen LogP contribution in [0.5, 0.6) is 0 Å². The Hall–Kier alpha value is -1.03. The second kappa shape index (κ2) is 5.16. The van der Waals surface area contributed by atoms with Crippen LogP contribution in [0.4, 0.5) is 13.2 Å². The minimum atomic E-state index is -4.24. The van der Waals surface area contributed by atoms with Crippen LogP contribution in [0.15, 0.2) is 30.3 Å². The van der Waals surface area contributed by atoms with Gasteiger partial charge in [-0.15, -0.1) is 0 Å². The quantitative estimate of drug-likeness (QED) is 0.823. The zero-order valence-electron chi connectivity index (χ0n) is 8.17. The molecule has 0 spiro atoms.